The smallest absolute Gasteiger partial charge is 0.212 e. The van der Waals surface area contributed by atoms with Crippen LogP contribution in [0.15, 0.2) is 30.3 Å². The Hall–Kier alpha value is -0.950. The van der Waals surface area contributed by atoms with Crippen LogP contribution in [0.3, 0.4) is 0 Å². The Balaban J connectivity index is 2.43. The van der Waals surface area contributed by atoms with Crippen molar-refractivity contribution in [1.29, 1.82) is 0 Å². The SMILES string of the molecule is CC(C)(CON)NS(=O)(=O)CCCc1ccccc1. The van der Waals surface area contributed by atoms with Gasteiger partial charge >= 0.3 is 0 Å². The summed E-state index contributed by atoms with van der Waals surface area (Å²) in [5, 5.41) is 0. The Morgan fingerprint density at radius 1 is 1.26 bits per heavy atom. The van der Waals surface area contributed by atoms with E-state index >= 15 is 0 Å². The third-order valence-corrected chi connectivity index (χ3v) is 4.29. The van der Waals surface area contributed by atoms with Gasteiger partial charge in [0, 0.05) is 0 Å². The summed E-state index contributed by atoms with van der Waals surface area (Å²) in [6.07, 6.45) is 1.33. The second kappa shape index (κ2) is 7.00. The molecule has 0 aliphatic heterocycles. The summed E-state index contributed by atoms with van der Waals surface area (Å²) < 4.78 is 26.4. The lowest BCUT2D eigenvalue weighted by atomic mass is 10.1. The van der Waals surface area contributed by atoms with Gasteiger partial charge in [-0.15, -0.1) is 0 Å². The normalized spacial score (nSPS) is 12.6. The molecule has 1 aromatic carbocycles. The molecule has 0 atom stereocenters. The summed E-state index contributed by atoms with van der Waals surface area (Å²) in [7, 11) is -3.32. The molecule has 0 unspecified atom stereocenters. The van der Waals surface area contributed by atoms with Gasteiger partial charge in [0.2, 0.25) is 10.0 Å². The monoisotopic (exact) mass is 286 g/mol. The molecule has 0 aromatic heterocycles. The van der Waals surface area contributed by atoms with Crippen LogP contribution in [-0.2, 0) is 21.3 Å². The van der Waals surface area contributed by atoms with Gasteiger partial charge in [-0.2, -0.15) is 0 Å². The second-order valence-electron chi connectivity index (χ2n) is 5.20. The largest absolute Gasteiger partial charge is 0.303 e. The Morgan fingerprint density at radius 3 is 2.47 bits per heavy atom. The lowest BCUT2D eigenvalue weighted by Gasteiger charge is -2.24. The van der Waals surface area contributed by atoms with Crippen LogP contribution >= 0.6 is 0 Å². The molecular formula is C13H22N2O3S. The van der Waals surface area contributed by atoms with Gasteiger partial charge in [0.25, 0.3) is 0 Å². The van der Waals surface area contributed by atoms with Crippen molar-refractivity contribution in [2.75, 3.05) is 12.4 Å². The van der Waals surface area contributed by atoms with Crippen LogP contribution in [-0.4, -0.2) is 26.3 Å². The Kier molecular flexibility index (Phi) is 5.93. The van der Waals surface area contributed by atoms with Gasteiger partial charge < -0.3 is 4.84 Å². The van der Waals surface area contributed by atoms with E-state index in [1.807, 2.05) is 30.3 Å². The van der Waals surface area contributed by atoms with E-state index in [1.165, 1.54) is 0 Å². The van der Waals surface area contributed by atoms with Crippen molar-refractivity contribution >= 4 is 10.0 Å². The number of rotatable bonds is 8. The molecular weight excluding hydrogens is 264 g/mol. The second-order valence-corrected chi connectivity index (χ2v) is 7.05. The fourth-order valence-corrected chi connectivity index (χ4v) is 3.35. The number of aryl methyl sites for hydroxylation is 1. The van der Waals surface area contributed by atoms with Gasteiger partial charge in [-0.25, -0.2) is 19.0 Å². The molecule has 6 heteroatoms. The van der Waals surface area contributed by atoms with E-state index in [2.05, 4.69) is 9.56 Å². The highest BCUT2D eigenvalue weighted by Crippen LogP contribution is 2.07. The fourth-order valence-electron chi connectivity index (χ4n) is 1.82. The Labute approximate surface area is 115 Å². The van der Waals surface area contributed by atoms with Crippen LogP contribution in [0.1, 0.15) is 25.8 Å². The highest BCUT2D eigenvalue weighted by atomic mass is 32.2. The minimum Gasteiger partial charge on any atom is -0.303 e. The van der Waals surface area contributed by atoms with Gasteiger partial charge in [0.1, 0.15) is 0 Å². The van der Waals surface area contributed by atoms with E-state index in [1.54, 1.807) is 13.8 Å². The first-order chi connectivity index (χ1) is 8.85. The highest BCUT2D eigenvalue weighted by molar-refractivity contribution is 7.89. The number of nitrogens with one attached hydrogen (secondary N) is 1. The van der Waals surface area contributed by atoms with Gasteiger partial charge in [-0.05, 0) is 32.3 Å². The Morgan fingerprint density at radius 2 is 1.89 bits per heavy atom. The van der Waals surface area contributed by atoms with Crippen LogP contribution in [0.4, 0.5) is 0 Å². The lowest BCUT2D eigenvalue weighted by molar-refractivity contribution is 0.0929. The quantitative estimate of drug-likeness (QED) is 0.704. The molecule has 0 amide bonds. The molecule has 0 fully saturated rings. The standard InChI is InChI=1S/C13H22N2O3S/c1-13(2,11-18-14)15-19(16,17)10-6-9-12-7-4-3-5-8-12/h3-5,7-8,15H,6,9-11,14H2,1-2H3. The molecule has 3 N–H and O–H groups in total. The summed E-state index contributed by atoms with van der Waals surface area (Å²) in [5.41, 5.74) is 0.447. The van der Waals surface area contributed by atoms with Crippen molar-refractivity contribution in [3.8, 4) is 0 Å². The number of benzene rings is 1. The van der Waals surface area contributed by atoms with Gasteiger partial charge in [-0.1, -0.05) is 30.3 Å². The van der Waals surface area contributed by atoms with Crippen molar-refractivity contribution in [3.63, 3.8) is 0 Å². The third-order valence-electron chi connectivity index (χ3n) is 2.60. The zero-order chi connectivity index (χ0) is 14.4. The molecule has 19 heavy (non-hydrogen) atoms. The maximum atomic E-state index is 11.9. The molecule has 0 aliphatic rings. The highest BCUT2D eigenvalue weighted by Gasteiger charge is 2.24. The maximum absolute atomic E-state index is 11.9. The van der Waals surface area contributed by atoms with Crippen LogP contribution in [0.25, 0.3) is 0 Å². The van der Waals surface area contributed by atoms with Gasteiger partial charge in [0.05, 0.1) is 17.9 Å². The molecule has 0 saturated heterocycles. The molecule has 0 saturated carbocycles. The van der Waals surface area contributed by atoms with E-state index < -0.39 is 15.6 Å². The minimum atomic E-state index is -3.32. The van der Waals surface area contributed by atoms with Crippen LogP contribution in [0.5, 0.6) is 0 Å². The van der Waals surface area contributed by atoms with Crippen molar-refractivity contribution in [2.45, 2.75) is 32.2 Å². The predicted octanol–water partition coefficient (Wildman–Crippen LogP) is 1.21. The molecule has 1 aromatic rings. The molecule has 108 valence electrons. The predicted molar refractivity (Wildman–Crippen MR) is 75.9 cm³/mol. The first kappa shape index (κ1) is 16.1. The zero-order valence-electron chi connectivity index (χ0n) is 11.4. The summed E-state index contributed by atoms with van der Waals surface area (Å²) >= 11 is 0. The number of hydrogen-bond acceptors (Lipinski definition) is 4. The van der Waals surface area contributed by atoms with Crippen LogP contribution < -0.4 is 10.6 Å². The van der Waals surface area contributed by atoms with E-state index in [4.69, 9.17) is 5.90 Å². The summed E-state index contributed by atoms with van der Waals surface area (Å²) in [6, 6.07) is 9.82. The van der Waals surface area contributed by atoms with Crippen molar-refractivity contribution in [1.82, 2.24) is 4.72 Å². The summed E-state index contributed by atoms with van der Waals surface area (Å²) in [4.78, 5) is 4.50. The van der Waals surface area contributed by atoms with Crippen LogP contribution in [0, 0.1) is 0 Å². The first-order valence-corrected chi connectivity index (χ1v) is 7.87. The van der Waals surface area contributed by atoms with Crippen molar-refractivity contribution in [2.24, 2.45) is 5.90 Å². The maximum Gasteiger partial charge on any atom is 0.212 e. The number of nitrogens with two attached hydrogens (primary N) is 1. The van der Waals surface area contributed by atoms with E-state index in [0.29, 0.717) is 6.42 Å². The van der Waals surface area contributed by atoms with E-state index in [0.717, 1.165) is 12.0 Å². The van der Waals surface area contributed by atoms with Crippen molar-refractivity contribution in [3.05, 3.63) is 35.9 Å². The Bertz CT molecular complexity index is 472. The molecule has 0 bridgehead atoms. The third kappa shape index (κ3) is 6.68. The fraction of sp³-hybridized carbons (Fsp3) is 0.538. The molecule has 0 radical (unpaired) electrons. The summed E-state index contributed by atoms with van der Waals surface area (Å²) in [6.45, 7) is 3.59. The summed E-state index contributed by atoms with van der Waals surface area (Å²) in [5.74, 6) is 5.07. The minimum absolute atomic E-state index is 0.0932. The molecule has 0 heterocycles. The first-order valence-electron chi connectivity index (χ1n) is 6.22. The average molecular weight is 286 g/mol. The molecule has 0 spiro atoms. The molecule has 5 nitrogen and oxygen atoms in total. The van der Waals surface area contributed by atoms with Gasteiger partial charge in [-0.3, -0.25) is 0 Å². The number of hydrogen-bond donors (Lipinski definition) is 2. The zero-order valence-corrected chi connectivity index (χ0v) is 12.2. The van der Waals surface area contributed by atoms with E-state index in [9.17, 15) is 8.42 Å². The van der Waals surface area contributed by atoms with Gasteiger partial charge in [0.15, 0.2) is 0 Å². The average Bonchev–Trinajstić information content (AvgIpc) is 2.28. The van der Waals surface area contributed by atoms with Crippen molar-refractivity contribution < 1.29 is 13.3 Å². The lowest BCUT2D eigenvalue weighted by Crippen LogP contribution is -2.48. The van der Waals surface area contributed by atoms with E-state index in [-0.39, 0.29) is 12.4 Å². The number of sulfonamides is 1. The molecule has 0 aliphatic carbocycles. The topological polar surface area (TPSA) is 81.4 Å². The molecule has 1 rings (SSSR count). The van der Waals surface area contributed by atoms with Crippen LogP contribution in [0.2, 0.25) is 0 Å².